The van der Waals surface area contributed by atoms with Crippen molar-refractivity contribution in [1.29, 1.82) is 0 Å². The molecule has 0 bridgehead atoms. The normalized spacial score (nSPS) is 23.3. The highest BCUT2D eigenvalue weighted by Crippen LogP contribution is 2.18. The molecule has 0 aromatic heterocycles. The van der Waals surface area contributed by atoms with Gasteiger partial charge < -0.3 is 19.2 Å². The van der Waals surface area contributed by atoms with Crippen LogP contribution in [-0.4, -0.2) is 38.3 Å². The molecule has 2 atom stereocenters. The van der Waals surface area contributed by atoms with Crippen molar-refractivity contribution in [3.8, 4) is 0 Å². The van der Waals surface area contributed by atoms with Crippen molar-refractivity contribution in [3.05, 3.63) is 29.8 Å². The maximum Gasteiger partial charge on any atom is 0.491 e. The molecular formula is C13H18BFO4. The summed E-state index contributed by atoms with van der Waals surface area (Å²) in [5.41, 5.74) is 1.46. The van der Waals surface area contributed by atoms with Crippen molar-refractivity contribution in [2.75, 3.05) is 13.7 Å². The Labute approximate surface area is 112 Å². The molecule has 4 nitrogen and oxygen atoms in total. The summed E-state index contributed by atoms with van der Waals surface area (Å²) in [5.74, 6) is 0. The van der Waals surface area contributed by atoms with E-state index < -0.39 is 19.6 Å². The summed E-state index contributed by atoms with van der Waals surface area (Å²) in [7, 11) is 0.446. The van der Waals surface area contributed by atoms with Crippen molar-refractivity contribution in [2.24, 2.45) is 0 Å². The first-order chi connectivity index (χ1) is 9.20. The molecule has 2 rings (SSSR count). The largest absolute Gasteiger partial charge is 0.491 e. The molecule has 1 aliphatic heterocycles. The second-order valence-corrected chi connectivity index (χ2v) is 4.52. The van der Waals surface area contributed by atoms with Crippen LogP contribution in [0.3, 0.4) is 0 Å². The number of ether oxygens (including phenoxy) is 2. The van der Waals surface area contributed by atoms with E-state index in [4.69, 9.17) is 14.1 Å². The first-order valence-corrected chi connectivity index (χ1v) is 6.36. The third-order valence-corrected chi connectivity index (χ3v) is 3.15. The van der Waals surface area contributed by atoms with Gasteiger partial charge in [-0.2, -0.15) is 0 Å². The van der Waals surface area contributed by atoms with Crippen molar-refractivity contribution < 1.29 is 23.5 Å². The van der Waals surface area contributed by atoms with Gasteiger partial charge in [0.1, 0.15) is 6.17 Å². The quantitative estimate of drug-likeness (QED) is 0.810. The molecule has 1 aliphatic rings. The molecule has 0 aliphatic carbocycles. The van der Waals surface area contributed by atoms with Gasteiger partial charge in [0.15, 0.2) is 6.29 Å². The predicted octanol–water partition coefficient (Wildman–Crippen LogP) is 1.01. The maximum atomic E-state index is 13.2. The molecule has 19 heavy (non-hydrogen) atoms. The van der Waals surface area contributed by atoms with Crippen LogP contribution in [0.25, 0.3) is 0 Å². The molecule has 104 valence electrons. The first-order valence-electron chi connectivity index (χ1n) is 6.36. The second kappa shape index (κ2) is 7.00. The first kappa shape index (κ1) is 14.5. The van der Waals surface area contributed by atoms with Crippen LogP contribution in [0.5, 0.6) is 0 Å². The van der Waals surface area contributed by atoms with Gasteiger partial charge in [-0.05, 0) is 11.0 Å². The maximum absolute atomic E-state index is 13.2. The Bertz CT molecular complexity index is 404. The van der Waals surface area contributed by atoms with Crippen LogP contribution in [0, 0.1) is 0 Å². The number of rotatable bonds is 5. The molecule has 1 saturated heterocycles. The average Bonchev–Trinajstić information content (AvgIpc) is 2.45. The van der Waals surface area contributed by atoms with E-state index in [1.165, 1.54) is 7.11 Å². The van der Waals surface area contributed by atoms with E-state index in [0.29, 0.717) is 18.5 Å². The lowest BCUT2D eigenvalue weighted by Crippen LogP contribution is -2.36. The zero-order chi connectivity index (χ0) is 13.7. The van der Waals surface area contributed by atoms with Crippen molar-refractivity contribution in [2.45, 2.75) is 31.9 Å². The number of benzene rings is 1. The topological polar surface area (TPSA) is 47.9 Å². The van der Waals surface area contributed by atoms with E-state index in [0.717, 1.165) is 5.56 Å². The van der Waals surface area contributed by atoms with E-state index in [1.54, 1.807) is 6.07 Å². The standard InChI is InChI=1S/C13H18BFO4/c1-17-14(16)12-5-3-2-4-10(12)9-19-13-8-11(15)6-7-18-13/h2-5,11,13,16H,6-9H2,1H3. The zero-order valence-corrected chi connectivity index (χ0v) is 10.9. The Hall–Kier alpha value is -0.945. The van der Waals surface area contributed by atoms with E-state index >= 15 is 0 Å². The van der Waals surface area contributed by atoms with Gasteiger partial charge >= 0.3 is 7.12 Å². The van der Waals surface area contributed by atoms with E-state index in [9.17, 15) is 9.41 Å². The summed E-state index contributed by atoms with van der Waals surface area (Å²) in [4.78, 5) is 0. The third-order valence-electron chi connectivity index (χ3n) is 3.15. The summed E-state index contributed by atoms with van der Waals surface area (Å²) in [6.07, 6.45) is -0.691. The van der Waals surface area contributed by atoms with Crippen LogP contribution in [0.15, 0.2) is 24.3 Å². The lowest BCUT2D eigenvalue weighted by Gasteiger charge is -2.25. The van der Waals surface area contributed by atoms with Crippen molar-refractivity contribution >= 4 is 12.6 Å². The second-order valence-electron chi connectivity index (χ2n) is 4.52. The van der Waals surface area contributed by atoms with Crippen LogP contribution in [0.4, 0.5) is 4.39 Å². The van der Waals surface area contributed by atoms with Gasteiger partial charge in [0.25, 0.3) is 0 Å². The van der Waals surface area contributed by atoms with Gasteiger partial charge in [-0.25, -0.2) is 4.39 Å². The summed E-state index contributed by atoms with van der Waals surface area (Å²) >= 11 is 0. The monoisotopic (exact) mass is 268 g/mol. The number of alkyl halides is 1. The molecule has 0 amide bonds. The van der Waals surface area contributed by atoms with Crippen LogP contribution >= 0.6 is 0 Å². The van der Waals surface area contributed by atoms with Gasteiger partial charge in [-0.15, -0.1) is 0 Å². The average molecular weight is 268 g/mol. The van der Waals surface area contributed by atoms with Gasteiger partial charge in [0, 0.05) is 20.0 Å². The lowest BCUT2D eigenvalue weighted by molar-refractivity contribution is -0.182. The molecule has 0 radical (unpaired) electrons. The van der Waals surface area contributed by atoms with Gasteiger partial charge in [-0.1, -0.05) is 24.3 Å². The van der Waals surface area contributed by atoms with Crippen LogP contribution in [0.1, 0.15) is 18.4 Å². The minimum absolute atomic E-state index is 0.258. The fourth-order valence-corrected chi connectivity index (χ4v) is 2.05. The zero-order valence-electron chi connectivity index (χ0n) is 10.9. The van der Waals surface area contributed by atoms with Gasteiger partial charge in [0.2, 0.25) is 0 Å². The smallest absolute Gasteiger partial charge is 0.423 e. The van der Waals surface area contributed by atoms with Gasteiger partial charge in [-0.3, -0.25) is 0 Å². The Morgan fingerprint density at radius 2 is 2.26 bits per heavy atom. The predicted molar refractivity (Wildman–Crippen MR) is 69.7 cm³/mol. The number of halogens is 1. The van der Waals surface area contributed by atoms with Crippen LogP contribution < -0.4 is 5.46 Å². The highest BCUT2D eigenvalue weighted by Gasteiger charge is 2.24. The fourth-order valence-electron chi connectivity index (χ4n) is 2.05. The summed E-state index contributed by atoms with van der Waals surface area (Å²) in [5, 5.41) is 9.72. The highest BCUT2D eigenvalue weighted by molar-refractivity contribution is 6.60. The third kappa shape index (κ3) is 4.01. The number of hydrogen-bond donors (Lipinski definition) is 1. The minimum Gasteiger partial charge on any atom is -0.423 e. The van der Waals surface area contributed by atoms with Crippen LogP contribution in [-0.2, 0) is 20.7 Å². The lowest BCUT2D eigenvalue weighted by atomic mass is 9.76. The Kier molecular flexibility index (Phi) is 5.33. The Balaban J connectivity index is 1.95. The Morgan fingerprint density at radius 3 is 3.00 bits per heavy atom. The van der Waals surface area contributed by atoms with Crippen molar-refractivity contribution in [3.63, 3.8) is 0 Å². The molecule has 6 heteroatoms. The molecule has 2 unspecified atom stereocenters. The fraction of sp³-hybridized carbons (Fsp3) is 0.538. The summed E-state index contributed by atoms with van der Waals surface area (Å²) < 4.78 is 29.0. The molecule has 1 fully saturated rings. The van der Waals surface area contributed by atoms with E-state index in [2.05, 4.69) is 0 Å². The SMILES string of the molecule is COB(O)c1ccccc1COC1CC(F)CCO1. The molecule has 0 saturated carbocycles. The number of hydrogen-bond acceptors (Lipinski definition) is 4. The molecule has 1 N–H and O–H groups in total. The summed E-state index contributed by atoms with van der Waals surface area (Å²) in [6, 6.07) is 7.28. The molecular weight excluding hydrogens is 250 g/mol. The summed E-state index contributed by atoms with van der Waals surface area (Å²) in [6.45, 7) is 0.641. The molecule has 1 aromatic rings. The minimum atomic E-state index is -0.985. The Morgan fingerprint density at radius 1 is 1.47 bits per heavy atom. The van der Waals surface area contributed by atoms with E-state index in [1.807, 2.05) is 18.2 Å². The van der Waals surface area contributed by atoms with E-state index in [-0.39, 0.29) is 13.0 Å². The van der Waals surface area contributed by atoms with Gasteiger partial charge in [0.05, 0.1) is 13.2 Å². The molecule has 1 heterocycles. The van der Waals surface area contributed by atoms with Crippen molar-refractivity contribution in [1.82, 2.24) is 0 Å². The molecule has 1 aromatic carbocycles. The molecule has 0 spiro atoms. The highest BCUT2D eigenvalue weighted by atomic mass is 19.1. The van der Waals surface area contributed by atoms with Crippen LogP contribution in [0.2, 0.25) is 0 Å².